The molecule has 2 aliphatic heterocycles. The fraction of sp³-hybridized carbons (Fsp3) is 0.375. The number of esters is 1. The number of amides is 3. The van der Waals surface area contributed by atoms with E-state index >= 15 is 0 Å². The molecular weight excluding hydrogens is 742 g/mol. The SMILES string of the molecule is COC(=O)c1ccc(C(=O)N2CCN(C(=O)C[C@@H]3N=C(c4ccc(Cl)cc4)c4c(sc(C)c4C)-n4c(C)nnc43)CC2)cc1C#CCNC(=O)OC(C)(C)C. The van der Waals surface area contributed by atoms with Crippen LogP contribution in [0, 0.1) is 32.6 Å². The second-order valence-corrected chi connectivity index (χ2v) is 15.8. The van der Waals surface area contributed by atoms with Gasteiger partial charge in [-0.25, -0.2) is 9.59 Å². The molecular formula is C40H42ClN7O6S. The van der Waals surface area contributed by atoms with Gasteiger partial charge >= 0.3 is 12.1 Å². The Bertz CT molecular complexity index is 2250. The van der Waals surface area contributed by atoms with Gasteiger partial charge < -0.3 is 24.6 Å². The van der Waals surface area contributed by atoms with Gasteiger partial charge in [-0.05, 0) is 77.4 Å². The van der Waals surface area contributed by atoms with E-state index in [1.165, 1.54) is 19.2 Å². The summed E-state index contributed by atoms with van der Waals surface area (Å²) in [6.07, 6.45) is -0.558. The lowest BCUT2D eigenvalue weighted by Gasteiger charge is -2.35. The summed E-state index contributed by atoms with van der Waals surface area (Å²) in [5.74, 6) is 6.01. The van der Waals surface area contributed by atoms with Gasteiger partial charge in [0.2, 0.25) is 5.91 Å². The van der Waals surface area contributed by atoms with Crippen LogP contribution in [0.4, 0.5) is 4.79 Å². The fourth-order valence-corrected chi connectivity index (χ4v) is 7.75. The standard InChI is InChI=1S/C40H42ClN7O6S/c1-23-24(2)55-37-33(23)34(26-10-13-29(41)14-11-26)43-31(35-45-44-25(3)48(35)37)22-32(49)46-17-19-47(20-18-46)36(50)28-12-15-30(38(51)53-7)27(21-28)9-8-16-42-39(52)54-40(4,5)6/h10-15,21,31H,16-20,22H2,1-7H3,(H,42,52)/t31-/m0/s1. The minimum atomic E-state index is -0.663. The highest BCUT2D eigenvalue weighted by molar-refractivity contribution is 7.15. The number of hydrogen-bond acceptors (Lipinski definition) is 10. The van der Waals surface area contributed by atoms with Gasteiger partial charge in [0.05, 0.1) is 31.4 Å². The van der Waals surface area contributed by atoms with Gasteiger partial charge in [-0.3, -0.25) is 19.1 Å². The lowest BCUT2D eigenvalue weighted by Crippen LogP contribution is -2.50. The predicted octanol–water partition coefficient (Wildman–Crippen LogP) is 5.84. The van der Waals surface area contributed by atoms with Gasteiger partial charge in [0.25, 0.3) is 5.91 Å². The number of fused-ring (bicyclic) bond motifs is 3. The average molecular weight is 784 g/mol. The van der Waals surface area contributed by atoms with Crippen LogP contribution >= 0.6 is 22.9 Å². The zero-order valence-corrected chi connectivity index (χ0v) is 33.4. The number of aromatic nitrogens is 3. The predicted molar refractivity (Wildman–Crippen MR) is 209 cm³/mol. The third-order valence-electron chi connectivity index (χ3n) is 9.26. The minimum absolute atomic E-state index is 0.0372. The van der Waals surface area contributed by atoms with E-state index in [-0.39, 0.29) is 35.9 Å². The van der Waals surface area contributed by atoms with E-state index in [1.54, 1.807) is 48.0 Å². The number of nitrogens with one attached hydrogen (secondary N) is 1. The summed E-state index contributed by atoms with van der Waals surface area (Å²) in [4.78, 5) is 61.9. The summed E-state index contributed by atoms with van der Waals surface area (Å²) < 4.78 is 12.2. The molecule has 55 heavy (non-hydrogen) atoms. The Morgan fingerprint density at radius 1 is 0.982 bits per heavy atom. The first-order chi connectivity index (χ1) is 26.1. The zero-order chi connectivity index (χ0) is 39.6. The molecule has 15 heteroatoms. The summed E-state index contributed by atoms with van der Waals surface area (Å²) in [7, 11) is 1.26. The molecule has 6 rings (SSSR count). The summed E-state index contributed by atoms with van der Waals surface area (Å²) in [6, 6.07) is 11.5. The fourth-order valence-electron chi connectivity index (χ4n) is 6.41. The zero-order valence-electron chi connectivity index (χ0n) is 31.8. The number of rotatable bonds is 6. The average Bonchev–Trinajstić information content (AvgIpc) is 3.63. The maximum atomic E-state index is 14.0. The second-order valence-electron chi connectivity index (χ2n) is 14.2. The summed E-state index contributed by atoms with van der Waals surface area (Å²) in [5, 5.41) is 13.0. The third-order valence-corrected chi connectivity index (χ3v) is 10.7. The topological polar surface area (TPSA) is 148 Å². The molecule has 0 saturated carbocycles. The molecule has 1 atom stereocenters. The van der Waals surface area contributed by atoms with Crippen molar-refractivity contribution in [2.45, 2.75) is 59.6 Å². The van der Waals surface area contributed by atoms with Crippen molar-refractivity contribution in [3.05, 3.63) is 97.4 Å². The van der Waals surface area contributed by atoms with E-state index in [4.69, 9.17) is 26.1 Å². The van der Waals surface area contributed by atoms with Crippen molar-refractivity contribution >= 4 is 52.5 Å². The number of aryl methyl sites for hydroxylation is 2. The van der Waals surface area contributed by atoms with Crippen LogP contribution in [-0.4, -0.2) is 99.6 Å². The second kappa shape index (κ2) is 16.1. The number of halogens is 1. The van der Waals surface area contributed by atoms with Crippen LogP contribution in [0.1, 0.15) is 92.7 Å². The number of aliphatic imine (C=N–C) groups is 1. The van der Waals surface area contributed by atoms with Crippen LogP contribution in [-0.2, 0) is 14.3 Å². The van der Waals surface area contributed by atoms with Crippen LogP contribution in [0.5, 0.6) is 0 Å². The van der Waals surface area contributed by atoms with Crippen molar-refractivity contribution in [2.24, 2.45) is 4.99 Å². The van der Waals surface area contributed by atoms with Gasteiger partial charge in [-0.1, -0.05) is 35.6 Å². The van der Waals surface area contributed by atoms with Crippen molar-refractivity contribution in [1.29, 1.82) is 0 Å². The van der Waals surface area contributed by atoms with Gasteiger partial charge in [-0.15, -0.1) is 21.5 Å². The lowest BCUT2D eigenvalue weighted by atomic mass is 9.99. The number of carbonyl (C=O) groups excluding carboxylic acids is 4. The molecule has 1 fully saturated rings. The number of nitrogens with zero attached hydrogens (tertiary/aromatic N) is 6. The molecule has 4 aromatic rings. The number of hydrogen-bond donors (Lipinski definition) is 1. The van der Waals surface area contributed by atoms with E-state index < -0.39 is 23.7 Å². The molecule has 2 aliphatic rings. The van der Waals surface area contributed by atoms with Crippen LogP contribution in [0.3, 0.4) is 0 Å². The van der Waals surface area contributed by atoms with Crippen molar-refractivity contribution in [3.63, 3.8) is 0 Å². The lowest BCUT2D eigenvalue weighted by molar-refractivity contribution is -0.133. The smallest absolute Gasteiger partial charge is 0.408 e. The maximum Gasteiger partial charge on any atom is 0.408 e. The van der Waals surface area contributed by atoms with Crippen molar-refractivity contribution in [1.82, 2.24) is 29.9 Å². The first kappa shape index (κ1) is 39.2. The number of piperazine rings is 1. The Hall–Kier alpha value is -5.52. The van der Waals surface area contributed by atoms with Crippen molar-refractivity contribution in [2.75, 3.05) is 39.8 Å². The number of benzene rings is 2. The van der Waals surface area contributed by atoms with Crippen LogP contribution in [0.2, 0.25) is 5.02 Å². The van der Waals surface area contributed by atoms with Gasteiger partial charge in [-0.2, -0.15) is 0 Å². The van der Waals surface area contributed by atoms with Crippen LogP contribution < -0.4 is 5.32 Å². The van der Waals surface area contributed by atoms with Crippen molar-refractivity contribution in [3.8, 4) is 16.8 Å². The normalized spacial score (nSPS) is 15.1. The van der Waals surface area contributed by atoms with Crippen molar-refractivity contribution < 1.29 is 28.7 Å². The molecule has 0 bridgehead atoms. The largest absolute Gasteiger partial charge is 0.465 e. The first-order valence-corrected chi connectivity index (χ1v) is 19.0. The number of carbonyl (C=O) groups is 4. The highest BCUT2D eigenvalue weighted by Crippen LogP contribution is 2.40. The van der Waals surface area contributed by atoms with Crippen LogP contribution in [0.15, 0.2) is 47.5 Å². The highest BCUT2D eigenvalue weighted by atomic mass is 35.5. The molecule has 3 amide bonds. The summed E-state index contributed by atoms with van der Waals surface area (Å²) in [5.41, 5.74) is 3.88. The third kappa shape index (κ3) is 8.58. The van der Waals surface area contributed by atoms with E-state index in [0.29, 0.717) is 48.4 Å². The molecule has 1 saturated heterocycles. The first-order valence-electron chi connectivity index (χ1n) is 17.8. The Morgan fingerprint density at radius 2 is 1.67 bits per heavy atom. The molecule has 2 aromatic carbocycles. The molecule has 4 heterocycles. The maximum absolute atomic E-state index is 14.0. The molecule has 0 unspecified atom stereocenters. The number of alkyl carbamates (subject to hydrolysis) is 1. The minimum Gasteiger partial charge on any atom is -0.465 e. The van der Waals surface area contributed by atoms with Gasteiger partial charge in [0.15, 0.2) is 5.82 Å². The highest BCUT2D eigenvalue weighted by Gasteiger charge is 2.34. The Balaban J connectivity index is 1.17. The number of ether oxygens (including phenoxy) is 2. The van der Waals surface area contributed by atoms with Gasteiger partial charge in [0.1, 0.15) is 22.5 Å². The quantitative estimate of drug-likeness (QED) is 0.190. The number of thiophene rings is 1. The molecule has 0 spiro atoms. The van der Waals surface area contributed by atoms with Gasteiger partial charge in [0, 0.05) is 58.3 Å². The molecule has 1 N–H and O–H groups in total. The Morgan fingerprint density at radius 3 is 2.35 bits per heavy atom. The molecule has 2 aromatic heterocycles. The summed E-state index contributed by atoms with van der Waals surface area (Å²) in [6.45, 7) is 12.5. The molecule has 13 nitrogen and oxygen atoms in total. The van der Waals surface area contributed by atoms with E-state index in [9.17, 15) is 19.2 Å². The summed E-state index contributed by atoms with van der Waals surface area (Å²) >= 11 is 7.90. The van der Waals surface area contributed by atoms with E-state index in [1.807, 2.05) is 35.8 Å². The molecule has 0 radical (unpaired) electrons. The molecule has 0 aliphatic carbocycles. The Kier molecular flexibility index (Phi) is 11.4. The number of methoxy groups -OCH3 is 1. The monoisotopic (exact) mass is 783 g/mol. The van der Waals surface area contributed by atoms with Crippen LogP contribution in [0.25, 0.3) is 5.00 Å². The van der Waals surface area contributed by atoms with E-state index in [2.05, 4.69) is 41.2 Å². The van der Waals surface area contributed by atoms with E-state index in [0.717, 1.165) is 32.3 Å². The Labute approximate surface area is 328 Å². The molecule has 286 valence electrons.